The molecule has 0 aliphatic carbocycles. The fraction of sp³-hybridized carbons (Fsp3) is 0.817. The summed E-state index contributed by atoms with van der Waals surface area (Å²) in [6.07, 6.45) is 14.2. The summed E-state index contributed by atoms with van der Waals surface area (Å²) in [6.45, 7) is 11.3. The minimum Gasteiger partial charge on any atom is -0.395 e. The van der Waals surface area contributed by atoms with Crippen LogP contribution >= 0.6 is 23.5 Å². The molecule has 0 bridgehead atoms. The molecule has 7 aliphatic heterocycles. The molecule has 1 aromatic rings. The van der Waals surface area contributed by atoms with Gasteiger partial charge in [-0.1, -0.05) is 32.1 Å². The molecule has 724 valence electrons. The quantitative estimate of drug-likeness (QED) is 0.0193. The summed E-state index contributed by atoms with van der Waals surface area (Å²) in [6, 6.07) is -2.01. The van der Waals surface area contributed by atoms with Crippen LogP contribution in [0.4, 0.5) is 27.4 Å². The van der Waals surface area contributed by atoms with Crippen molar-refractivity contribution in [3.05, 3.63) is 0 Å². The first-order valence-electron chi connectivity index (χ1n) is 46.2. The van der Waals surface area contributed by atoms with E-state index in [0.29, 0.717) is 229 Å². The summed E-state index contributed by atoms with van der Waals surface area (Å²) in [5, 5.41) is 38.0. The van der Waals surface area contributed by atoms with E-state index in [4.69, 9.17) is 33.3 Å². The van der Waals surface area contributed by atoms with Crippen LogP contribution in [0.15, 0.2) is 0 Å². The summed E-state index contributed by atoms with van der Waals surface area (Å²) in [4.78, 5) is 177. The fourth-order valence-electron chi connectivity index (χ4n) is 16.7. The number of ketones is 1. The van der Waals surface area contributed by atoms with E-state index in [9.17, 15) is 83.5 Å². The lowest BCUT2D eigenvalue weighted by Crippen LogP contribution is -2.53. The number of nitrogens with one attached hydrogen (secondary N) is 13. The number of carbonyl (C=O) groups is 12. The second-order valence-corrected chi connectivity index (χ2v) is 43.1. The zero-order valence-corrected chi connectivity index (χ0v) is 79.0. The van der Waals surface area contributed by atoms with Crippen LogP contribution < -0.4 is 83.8 Å². The number of aromatic nitrogens is 3. The number of ether oxygens (including phenoxy) is 2. The van der Waals surface area contributed by atoms with Crippen molar-refractivity contribution in [1.82, 2.24) is 84.1 Å². The third-order valence-electron chi connectivity index (χ3n) is 23.8. The van der Waals surface area contributed by atoms with Crippen LogP contribution in [0.5, 0.6) is 0 Å². The second kappa shape index (κ2) is 56.3. The first-order chi connectivity index (χ1) is 61.4. The molecule has 7 aliphatic rings. The molecule has 46 heteroatoms. The van der Waals surface area contributed by atoms with Crippen LogP contribution in [0.3, 0.4) is 0 Å². The number of unbranched alkanes of at least 4 members (excludes halogenated alkanes) is 7. The Balaban J connectivity index is 0.825. The number of urea groups is 2. The number of anilines is 3. The van der Waals surface area contributed by atoms with Crippen LogP contribution in [0.25, 0.3) is 0 Å². The lowest BCUT2D eigenvalue weighted by molar-refractivity contribution is -0.130. The SMILES string of the molecule is CCO[Si](C)(CCCCC(=O)CCCOCCOCCNC(=O)C1CCN(c2nc(N3CCC(NC(=O)C(CCC(=O)NCCS(=O)(=O)O)NC(=O)CCCCCNC(=O)CCCCC4SCC5NC(=O)NC54)CC3)nc(N3CCC(NC(=O)C(CCC(=O)NCCS(=O)(=O)O)NC(=O)CCCCCNC(=O)CCCCC4SCC5NC(=O)NC54)CC3)n2)CC1)OCC. The summed E-state index contributed by atoms with van der Waals surface area (Å²) < 4.78 is 87.3. The van der Waals surface area contributed by atoms with Crippen LogP contribution in [-0.2, 0) is 86.5 Å². The maximum Gasteiger partial charge on any atom is 0.334 e. The van der Waals surface area contributed by atoms with Gasteiger partial charge in [0.25, 0.3) is 20.2 Å². The van der Waals surface area contributed by atoms with E-state index in [-0.39, 0.29) is 124 Å². The van der Waals surface area contributed by atoms with E-state index in [1.807, 2.05) is 52.1 Å². The Hall–Kier alpha value is -7.57. The number of amides is 13. The maximum absolute atomic E-state index is 14.2. The molecule has 13 amide bonds. The molecule has 128 heavy (non-hydrogen) atoms. The monoisotopic (exact) mass is 1900 g/mol. The van der Waals surface area contributed by atoms with Gasteiger partial charge in [0.1, 0.15) is 17.9 Å². The number of thioether (sulfide) groups is 2. The molecule has 15 N–H and O–H groups in total. The number of Topliss-reactive ketones (excluding diaryl/α,β-unsaturated/α-hetero) is 1. The maximum atomic E-state index is 14.2. The second-order valence-electron chi connectivity index (χ2n) is 34.0. The highest BCUT2D eigenvalue weighted by Gasteiger charge is 2.44. The Morgan fingerprint density at radius 1 is 0.453 bits per heavy atom. The summed E-state index contributed by atoms with van der Waals surface area (Å²) in [5.74, 6) is -2.07. The summed E-state index contributed by atoms with van der Waals surface area (Å²) in [7, 11) is -10.9. The molecule has 8 atom stereocenters. The third kappa shape index (κ3) is 40.2. The number of carbonyl (C=O) groups excluding carboxylic acids is 12. The van der Waals surface area contributed by atoms with E-state index in [1.165, 1.54) is 0 Å². The number of fused-ring (bicyclic) bond motifs is 2. The smallest absolute Gasteiger partial charge is 0.334 e. The molecule has 7 saturated heterocycles. The highest BCUT2D eigenvalue weighted by molar-refractivity contribution is 8.00. The minimum atomic E-state index is -4.37. The van der Waals surface area contributed by atoms with Crippen molar-refractivity contribution in [2.75, 3.05) is 149 Å². The number of rotatable bonds is 63. The molecule has 8 heterocycles. The van der Waals surface area contributed by atoms with Crippen molar-refractivity contribution < 1.29 is 102 Å². The first-order valence-corrected chi connectivity index (χ1v) is 54.0. The zero-order chi connectivity index (χ0) is 92.3. The largest absolute Gasteiger partial charge is 0.395 e. The summed E-state index contributed by atoms with van der Waals surface area (Å²) >= 11 is 3.67. The molecule has 41 nitrogen and oxygen atoms in total. The number of nitrogens with zero attached hydrogens (tertiary/aromatic N) is 6. The molecule has 8 unspecified atom stereocenters. The highest BCUT2D eigenvalue weighted by Crippen LogP contribution is 2.35. The minimum absolute atomic E-state index is 0.0571. The van der Waals surface area contributed by atoms with Gasteiger partial charge in [0, 0.05) is 183 Å². The van der Waals surface area contributed by atoms with Crippen molar-refractivity contribution >= 4 is 141 Å². The third-order valence-corrected chi connectivity index (χ3v) is 31.4. The van der Waals surface area contributed by atoms with Gasteiger partial charge in [-0.3, -0.25) is 57.1 Å². The van der Waals surface area contributed by atoms with E-state index >= 15 is 0 Å². The van der Waals surface area contributed by atoms with Gasteiger partial charge >= 0.3 is 20.6 Å². The molecular formula is C82H141N19O22S4Si. The average molecular weight is 1900 g/mol. The van der Waals surface area contributed by atoms with Crippen LogP contribution in [0.2, 0.25) is 12.6 Å². The topological polar surface area (TPSA) is 555 Å². The van der Waals surface area contributed by atoms with Gasteiger partial charge in [-0.25, -0.2) is 9.59 Å². The van der Waals surface area contributed by atoms with Crippen LogP contribution in [0, 0.1) is 5.92 Å². The van der Waals surface area contributed by atoms with Crippen LogP contribution in [0.1, 0.15) is 213 Å². The molecular weight excluding hydrogens is 1760 g/mol. The van der Waals surface area contributed by atoms with Gasteiger partial charge in [-0.05, 0) is 142 Å². The van der Waals surface area contributed by atoms with Crippen molar-refractivity contribution in [3.8, 4) is 0 Å². The standard InChI is InChI=1S/C82H141N19O22S4Si/c1-4-122-128(3,123-5-2)54-17-14-19-60(102)20-18-48-120-50-51-121-49-39-87-75(109)57-31-42-99(43-32-57)78-96-79(100-44-33-58(34-45-100)88-76(110)61(27-29-69(105)85-40-52-126(114,115)116)90-71(107)25-8-6-15-37-83-67(103)23-12-10-21-65-73-63(55-124-65)92-81(112)94-73)98-80(97-78)101-46-35-59(36-47-101)89-77(111)62(28-30-70(106)86-41-53-127(117,118)119)91-72(108)26-9-7-16-38-84-68(104)24-13-11-22-66-74-64(56-125-66)93-82(113)95-74/h57-59,61-66,73-74H,4-56H2,1-3H3,(H,83,103)(H,84,104)(H,85,105)(H,86,106)(H,87,109)(H,88,110)(H,89,111)(H,90,107)(H,91,108)(H2,92,94,112)(H2,93,95,113)(H,114,115,116)(H,117,118,119). The molecule has 0 aromatic carbocycles. The number of hydrogen-bond acceptors (Lipinski definition) is 28. The summed E-state index contributed by atoms with van der Waals surface area (Å²) in [5.41, 5.74) is 0. The Labute approximate surface area is 762 Å². The Bertz CT molecular complexity index is 3760. The number of piperidine rings is 3. The van der Waals surface area contributed by atoms with Gasteiger partial charge < -0.3 is 102 Å². The normalized spacial score (nSPS) is 20.2. The number of hydrogen-bond donors (Lipinski definition) is 15. The average Bonchev–Trinajstić information content (AvgIpc) is 1.45. The van der Waals surface area contributed by atoms with E-state index in [1.54, 1.807) is 0 Å². The lowest BCUT2D eigenvalue weighted by atomic mass is 9.96. The first kappa shape index (κ1) is 106. The molecule has 1 aromatic heterocycles. The van der Waals surface area contributed by atoms with Gasteiger partial charge in [-0.2, -0.15) is 55.3 Å². The zero-order valence-electron chi connectivity index (χ0n) is 74.7. The highest BCUT2D eigenvalue weighted by atomic mass is 32.2. The molecule has 8 rings (SSSR count). The van der Waals surface area contributed by atoms with Crippen molar-refractivity contribution in [3.63, 3.8) is 0 Å². The van der Waals surface area contributed by atoms with E-state index in [0.717, 1.165) is 68.9 Å². The molecule has 0 spiro atoms. The predicted octanol–water partition coefficient (Wildman–Crippen LogP) is 2.41. The van der Waals surface area contributed by atoms with Gasteiger partial charge in [-0.15, -0.1) is 0 Å². The van der Waals surface area contributed by atoms with Crippen LogP contribution in [-0.4, -0.2) is 314 Å². The van der Waals surface area contributed by atoms with E-state index in [2.05, 4.69) is 75.7 Å². The Morgan fingerprint density at radius 2 is 0.844 bits per heavy atom. The Morgan fingerprint density at radius 3 is 1.28 bits per heavy atom. The Kier molecular flexibility index (Phi) is 46.6. The van der Waals surface area contributed by atoms with Crippen molar-refractivity contribution in [2.24, 2.45) is 5.92 Å². The van der Waals surface area contributed by atoms with Gasteiger partial charge in [0.2, 0.25) is 71.0 Å². The van der Waals surface area contributed by atoms with E-state index < -0.39 is 99.9 Å². The fourth-order valence-corrected chi connectivity index (χ4v) is 23.0. The lowest BCUT2D eigenvalue weighted by Gasteiger charge is -2.36. The van der Waals surface area contributed by atoms with Gasteiger partial charge in [0.15, 0.2) is 0 Å². The van der Waals surface area contributed by atoms with Gasteiger partial charge in [0.05, 0.1) is 55.5 Å². The predicted molar refractivity (Wildman–Crippen MR) is 486 cm³/mol. The molecule has 0 radical (unpaired) electrons. The molecule has 7 fully saturated rings. The molecule has 0 saturated carbocycles. The van der Waals surface area contributed by atoms with Crippen molar-refractivity contribution in [1.29, 1.82) is 0 Å². The van der Waals surface area contributed by atoms with Crippen molar-refractivity contribution in [2.45, 2.75) is 284 Å².